The maximum Gasteiger partial charge on any atom is 0.389 e. The second kappa shape index (κ2) is 8.15. The largest absolute Gasteiger partial charge is 0.389 e. The number of benzene rings is 1. The van der Waals surface area contributed by atoms with E-state index in [1.165, 1.54) is 5.69 Å². The average molecular weight is 288 g/mol. The van der Waals surface area contributed by atoms with Crippen molar-refractivity contribution in [1.29, 1.82) is 0 Å². The van der Waals surface area contributed by atoms with E-state index in [4.69, 9.17) is 0 Å². The van der Waals surface area contributed by atoms with E-state index < -0.39 is 12.6 Å². The lowest BCUT2D eigenvalue weighted by Crippen LogP contribution is -2.21. The highest BCUT2D eigenvalue weighted by atomic mass is 19.4. The Morgan fingerprint density at radius 1 is 1.05 bits per heavy atom. The molecule has 0 aliphatic heterocycles. The summed E-state index contributed by atoms with van der Waals surface area (Å²) in [6, 6.07) is 8.15. The molecule has 0 saturated heterocycles. The molecule has 20 heavy (non-hydrogen) atoms. The van der Waals surface area contributed by atoms with Gasteiger partial charge >= 0.3 is 6.18 Å². The van der Waals surface area contributed by atoms with Crippen molar-refractivity contribution in [2.24, 2.45) is 0 Å². The van der Waals surface area contributed by atoms with Crippen LogP contribution < -0.4 is 10.2 Å². The highest BCUT2D eigenvalue weighted by Crippen LogP contribution is 2.20. The summed E-state index contributed by atoms with van der Waals surface area (Å²) in [6.45, 7) is 7.14. The Hall–Kier alpha value is -1.23. The zero-order chi connectivity index (χ0) is 15.0. The highest BCUT2D eigenvalue weighted by molar-refractivity contribution is 5.47. The van der Waals surface area contributed by atoms with E-state index in [1.807, 2.05) is 12.1 Å². The molecule has 0 aromatic heterocycles. The van der Waals surface area contributed by atoms with Crippen molar-refractivity contribution in [3.63, 3.8) is 0 Å². The van der Waals surface area contributed by atoms with Crippen LogP contribution in [-0.2, 0) is 6.54 Å². The van der Waals surface area contributed by atoms with Crippen LogP contribution in [0.15, 0.2) is 24.3 Å². The summed E-state index contributed by atoms with van der Waals surface area (Å²) in [6.07, 6.45) is -4.64. The number of halogens is 3. The van der Waals surface area contributed by atoms with Crippen LogP contribution in [0.25, 0.3) is 0 Å². The van der Waals surface area contributed by atoms with E-state index in [1.54, 1.807) is 0 Å². The summed E-state index contributed by atoms with van der Waals surface area (Å²) >= 11 is 0. The zero-order valence-electron chi connectivity index (χ0n) is 12.1. The van der Waals surface area contributed by atoms with Crippen LogP contribution in [0.1, 0.15) is 32.3 Å². The van der Waals surface area contributed by atoms with Crippen molar-refractivity contribution in [2.75, 3.05) is 24.5 Å². The first-order valence-electron chi connectivity index (χ1n) is 7.07. The third-order valence-corrected chi connectivity index (χ3v) is 3.21. The topological polar surface area (TPSA) is 15.3 Å². The number of hydrogen-bond acceptors (Lipinski definition) is 2. The molecule has 0 spiro atoms. The van der Waals surface area contributed by atoms with Crippen LogP contribution in [0.4, 0.5) is 18.9 Å². The Balaban J connectivity index is 2.31. The van der Waals surface area contributed by atoms with Crippen molar-refractivity contribution in [3.8, 4) is 0 Å². The van der Waals surface area contributed by atoms with Gasteiger partial charge in [0.1, 0.15) is 0 Å². The Kier molecular flexibility index (Phi) is 6.85. The normalized spacial score (nSPS) is 11.7. The van der Waals surface area contributed by atoms with E-state index in [0.29, 0.717) is 13.1 Å². The Labute approximate surface area is 119 Å². The monoisotopic (exact) mass is 288 g/mol. The first-order chi connectivity index (χ1) is 9.46. The molecular formula is C15H23F3N2. The van der Waals surface area contributed by atoms with E-state index in [9.17, 15) is 13.2 Å². The molecule has 0 atom stereocenters. The summed E-state index contributed by atoms with van der Waals surface area (Å²) < 4.78 is 35.9. The maximum absolute atomic E-state index is 12.0. The fraction of sp³-hybridized carbons (Fsp3) is 0.600. The van der Waals surface area contributed by atoms with Crippen LogP contribution in [0.2, 0.25) is 0 Å². The summed E-state index contributed by atoms with van der Waals surface area (Å²) in [5, 5.41) is 3.04. The van der Waals surface area contributed by atoms with Crippen LogP contribution >= 0.6 is 0 Å². The lowest BCUT2D eigenvalue weighted by Gasteiger charge is -2.21. The molecule has 1 aromatic rings. The maximum atomic E-state index is 12.0. The molecule has 0 aliphatic carbocycles. The van der Waals surface area contributed by atoms with Gasteiger partial charge in [-0.3, -0.25) is 0 Å². The average Bonchev–Trinajstić information content (AvgIpc) is 2.40. The molecule has 0 amide bonds. The Bertz CT molecular complexity index is 370. The molecule has 0 bridgehead atoms. The molecule has 114 valence electrons. The molecule has 5 heteroatoms. The van der Waals surface area contributed by atoms with Gasteiger partial charge in [-0.05, 0) is 44.5 Å². The van der Waals surface area contributed by atoms with Gasteiger partial charge in [0.25, 0.3) is 0 Å². The number of alkyl halides is 3. The molecule has 0 aliphatic rings. The van der Waals surface area contributed by atoms with Gasteiger partial charge < -0.3 is 10.2 Å². The minimum atomic E-state index is -4.05. The van der Waals surface area contributed by atoms with Crippen LogP contribution in [0.5, 0.6) is 0 Å². The minimum absolute atomic E-state index is 0.126. The van der Waals surface area contributed by atoms with Crippen molar-refractivity contribution < 1.29 is 13.2 Å². The molecule has 0 radical (unpaired) electrons. The third-order valence-electron chi connectivity index (χ3n) is 3.21. The van der Waals surface area contributed by atoms with Gasteiger partial charge in [0.05, 0.1) is 0 Å². The third kappa shape index (κ3) is 6.28. The van der Waals surface area contributed by atoms with Crippen molar-refractivity contribution >= 4 is 5.69 Å². The molecule has 2 nitrogen and oxygen atoms in total. The van der Waals surface area contributed by atoms with Crippen molar-refractivity contribution in [1.82, 2.24) is 5.32 Å². The fourth-order valence-corrected chi connectivity index (χ4v) is 2.06. The van der Waals surface area contributed by atoms with Crippen molar-refractivity contribution in [2.45, 2.75) is 39.4 Å². The van der Waals surface area contributed by atoms with Crippen molar-refractivity contribution in [3.05, 3.63) is 29.8 Å². The SMILES string of the molecule is CCN(CC)c1ccc(CNCCCC(F)(F)F)cc1. The minimum Gasteiger partial charge on any atom is -0.372 e. The number of anilines is 1. The first kappa shape index (κ1) is 16.8. The summed E-state index contributed by atoms with van der Waals surface area (Å²) in [5.74, 6) is 0. The molecule has 0 saturated carbocycles. The van der Waals surface area contributed by atoms with Crippen LogP contribution in [-0.4, -0.2) is 25.8 Å². The quantitative estimate of drug-likeness (QED) is 0.728. The predicted molar refractivity (Wildman–Crippen MR) is 77.0 cm³/mol. The van der Waals surface area contributed by atoms with Gasteiger partial charge in [-0.25, -0.2) is 0 Å². The summed E-state index contributed by atoms with van der Waals surface area (Å²) in [5.41, 5.74) is 2.27. The molecular weight excluding hydrogens is 265 g/mol. The van der Waals surface area contributed by atoms with Gasteiger partial charge in [-0.1, -0.05) is 12.1 Å². The van der Waals surface area contributed by atoms with Gasteiger partial charge in [0.15, 0.2) is 0 Å². The molecule has 0 heterocycles. The van der Waals surface area contributed by atoms with Crippen LogP contribution in [0, 0.1) is 0 Å². The van der Waals surface area contributed by atoms with Crippen LogP contribution in [0.3, 0.4) is 0 Å². The Morgan fingerprint density at radius 2 is 1.65 bits per heavy atom. The second-order valence-corrected chi connectivity index (χ2v) is 4.73. The predicted octanol–water partition coefficient (Wildman–Crippen LogP) is 3.96. The standard InChI is InChI=1S/C15H23F3N2/c1-3-20(4-2)14-8-6-13(7-9-14)12-19-11-5-10-15(16,17)18/h6-9,19H,3-5,10-12H2,1-2H3. The zero-order valence-corrected chi connectivity index (χ0v) is 12.1. The van der Waals surface area contributed by atoms with Gasteiger partial charge in [-0.15, -0.1) is 0 Å². The summed E-state index contributed by atoms with van der Waals surface area (Å²) in [4.78, 5) is 2.25. The second-order valence-electron chi connectivity index (χ2n) is 4.73. The molecule has 0 fully saturated rings. The van der Waals surface area contributed by atoms with E-state index in [0.717, 1.165) is 18.7 Å². The number of hydrogen-bond donors (Lipinski definition) is 1. The molecule has 0 unspecified atom stereocenters. The van der Waals surface area contributed by atoms with E-state index >= 15 is 0 Å². The lowest BCUT2D eigenvalue weighted by molar-refractivity contribution is -0.135. The van der Waals surface area contributed by atoms with Gasteiger partial charge in [0.2, 0.25) is 0 Å². The number of nitrogens with one attached hydrogen (secondary N) is 1. The number of nitrogens with zero attached hydrogens (tertiary/aromatic N) is 1. The first-order valence-corrected chi connectivity index (χ1v) is 7.07. The number of rotatable bonds is 8. The molecule has 1 N–H and O–H groups in total. The Morgan fingerprint density at radius 3 is 2.15 bits per heavy atom. The fourth-order valence-electron chi connectivity index (χ4n) is 2.06. The summed E-state index contributed by atoms with van der Waals surface area (Å²) in [7, 11) is 0. The smallest absolute Gasteiger partial charge is 0.372 e. The highest BCUT2D eigenvalue weighted by Gasteiger charge is 2.25. The lowest BCUT2D eigenvalue weighted by atomic mass is 10.2. The van der Waals surface area contributed by atoms with Gasteiger partial charge in [-0.2, -0.15) is 13.2 Å². The van der Waals surface area contributed by atoms with Gasteiger partial charge in [0, 0.05) is 31.7 Å². The van der Waals surface area contributed by atoms with E-state index in [2.05, 4.69) is 36.2 Å². The van der Waals surface area contributed by atoms with E-state index in [-0.39, 0.29) is 6.42 Å². The molecule has 1 rings (SSSR count). The molecule has 1 aromatic carbocycles.